The standard InChI is InChI=1S/C24H27NO11.C2HF3O2/c1-10(20(29)30)34-21(31)16(27)17(28)22(32)35-13-5-6-24(33)14-9-11-3-4-12(26)18-15(11)23(24,19(13)36-18)7-8-25(14)2;3-2(4,5)1(6)7/h3-5,10,14,16-17,19,26-28,33H,6-9H2,1-2H3,(H,29,30);(H,6,7)/t10-,14+,16+,17+,19-,23-,24+;/m0./s1. The molecule has 0 radical (unpaired) electrons. The van der Waals surface area contributed by atoms with Crippen LogP contribution in [-0.4, -0.2) is 115 Å². The quantitative estimate of drug-likeness (QED) is 0.223. The Balaban J connectivity index is 0.000000541. The summed E-state index contributed by atoms with van der Waals surface area (Å²) in [6.07, 6.45) is -9.92. The fourth-order valence-electron chi connectivity index (χ4n) is 6.17. The molecule has 17 heteroatoms. The molecule has 7 atom stereocenters. The lowest BCUT2D eigenvalue weighted by Gasteiger charge is -2.61. The zero-order chi connectivity index (χ0) is 32.2. The zero-order valence-corrected chi connectivity index (χ0v) is 22.6. The van der Waals surface area contributed by atoms with E-state index in [0.29, 0.717) is 24.9 Å². The molecule has 4 aliphatic rings. The van der Waals surface area contributed by atoms with E-state index in [-0.39, 0.29) is 29.7 Å². The molecule has 1 saturated heterocycles. The number of piperidine rings is 1. The first-order chi connectivity index (χ1) is 19.9. The van der Waals surface area contributed by atoms with Crippen LogP contribution in [0.4, 0.5) is 13.2 Å². The van der Waals surface area contributed by atoms with Crippen LogP contribution in [0.5, 0.6) is 11.5 Å². The maximum absolute atomic E-state index is 12.7. The van der Waals surface area contributed by atoms with Gasteiger partial charge >= 0.3 is 30.1 Å². The number of rotatable bonds is 6. The number of carboxylic acids is 2. The van der Waals surface area contributed by atoms with Crippen molar-refractivity contribution in [3.63, 3.8) is 0 Å². The van der Waals surface area contributed by atoms with Crippen molar-refractivity contribution in [2.45, 2.75) is 73.8 Å². The molecule has 43 heavy (non-hydrogen) atoms. The second-order valence-corrected chi connectivity index (χ2v) is 10.6. The number of aliphatic hydroxyl groups excluding tert-OH is 2. The predicted molar refractivity (Wildman–Crippen MR) is 132 cm³/mol. The van der Waals surface area contributed by atoms with Gasteiger partial charge in [0.15, 0.2) is 35.9 Å². The Bertz CT molecular complexity index is 1380. The molecule has 6 N–H and O–H groups in total. The Morgan fingerprint density at radius 3 is 2.30 bits per heavy atom. The number of phenolic OH excluding ortho intramolecular Hbond substituents is 1. The monoisotopic (exact) mass is 619 g/mol. The van der Waals surface area contributed by atoms with Crippen molar-refractivity contribution in [3.05, 3.63) is 35.1 Å². The van der Waals surface area contributed by atoms with Gasteiger partial charge in [-0.05, 0) is 51.1 Å². The molecule has 1 aromatic rings. The van der Waals surface area contributed by atoms with E-state index in [9.17, 15) is 48.0 Å². The zero-order valence-electron chi connectivity index (χ0n) is 22.6. The maximum Gasteiger partial charge on any atom is 0.490 e. The lowest BCUT2D eigenvalue weighted by Crippen LogP contribution is -2.74. The van der Waals surface area contributed by atoms with Crippen LogP contribution in [-0.2, 0) is 40.5 Å². The number of esters is 2. The van der Waals surface area contributed by atoms with E-state index in [1.807, 2.05) is 7.05 Å². The lowest BCUT2D eigenvalue weighted by molar-refractivity contribution is -0.192. The third-order valence-electron chi connectivity index (χ3n) is 8.24. The van der Waals surface area contributed by atoms with Gasteiger partial charge in [0.2, 0.25) is 0 Å². The van der Waals surface area contributed by atoms with Crippen LogP contribution in [0.3, 0.4) is 0 Å². The minimum Gasteiger partial charge on any atom is -0.504 e. The lowest BCUT2D eigenvalue weighted by atomic mass is 9.50. The number of nitrogens with zero attached hydrogens (tertiary/aromatic N) is 1. The van der Waals surface area contributed by atoms with Gasteiger partial charge in [0.05, 0.1) is 11.0 Å². The molecule has 1 fully saturated rings. The van der Waals surface area contributed by atoms with E-state index in [1.165, 1.54) is 12.1 Å². The number of likely N-dealkylation sites (N-methyl/N-ethyl adjacent to an activating group) is 1. The molecular formula is C26H28F3NO13. The summed E-state index contributed by atoms with van der Waals surface area (Å²) < 4.78 is 47.7. The van der Waals surface area contributed by atoms with E-state index in [2.05, 4.69) is 9.64 Å². The van der Waals surface area contributed by atoms with Crippen molar-refractivity contribution in [2.75, 3.05) is 13.6 Å². The molecule has 2 aliphatic carbocycles. The highest BCUT2D eigenvalue weighted by molar-refractivity contribution is 5.87. The van der Waals surface area contributed by atoms with E-state index < -0.39 is 65.5 Å². The van der Waals surface area contributed by atoms with Gasteiger partial charge in [-0.2, -0.15) is 13.2 Å². The Hall–Kier alpha value is -3.93. The molecule has 5 rings (SSSR count). The average molecular weight is 619 g/mol. The molecule has 14 nitrogen and oxygen atoms in total. The highest BCUT2D eigenvalue weighted by Gasteiger charge is 2.72. The number of halogens is 3. The van der Waals surface area contributed by atoms with Crippen LogP contribution in [0.25, 0.3) is 0 Å². The van der Waals surface area contributed by atoms with Crippen molar-refractivity contribution in [3.8, 4) is 11.5 Å². The maximum atomic E-state index is 12.7. The highest BCUT2D eigenvalue weighted by Crippen LogP contribution is 2.65. The molecule has 1 aromatic carbocycles. The van der Waals surface area contributed by atoms with Crippen molar-refractivity contribution in [2.24, 2.45) is 0 Å². The first kappa shape index (κ1) is 32.0. The van der Waals surface area contributed by atoms with E-state index in [4.69, 9.17) is 24.5 Å². The third-order valence-corrected chi connectivity index (χ3v) is 8.24. The van der Waals surface area contributed by atoms with E-state index in [0.717, 1.165) is 12.5 Å². The summed E-state index contributed by atoms with van der Waals surface area (Å²) in [7, 11) is 1.92. The number of carboxylic acid groups (broad SMARTS) is 2. The van der Waals surface area contributed by atoms with Crippen LogP contribution < -0.4 is 4.74 Å². The molecule has 236 valence electrons. The molecule has 0 amide bonds. The third kappa shape index (κ3) is 5.15. The Morgan fingerprint density at radius 1 is 1.12 bits per heavy atom. The number of aliphatic carboxylic acids is 2. The number of carbonyl (C=O) groups excluding carboxylic acids is 2. The minimum atomic E-state index is -5.08. The molecule has 1 spiro atoms. The van der Waals surface area contributed by atoms with Gasteiger partial charge in [0.25, 0.3) is 0 Å². The number of hydrogen-bond acceptors (Lipinski definition) is 12. The van der Waals surface area contributed by atoms with Gasteiger partial charge in [-0.1, -0.05) is 6.07 Å². The smallest absolute Gasteiger partial charge is 0.490 e. The van der Waals surface area contributed by atoms with E-state index >= 15 is 0 Å². The van der Waals surface area contributed by atoms with Gasteiger partial charge in [-0.15, -0.1) is 0 Å². The SMILES string of the molecule is C[C@H](OC(=O)[C@H](O)[C@@H](O)C(=O)OC1=CC[C@@]2(O)[C@H]3Cc4ccc(O)c5c4[C@@]2(CCN3C)[C@H]1O5)C(=O)O.O=C(O)C(F)(F)F. The molecule has 2 heterocycles. The van der Waals surface area contributed by atoms with Crippen molar-refractivity contribution in [1.29, 1.82) is 0 Å². The number of benzene rings is 1. The Morgan fingerprint density at radius 2 is 1.72 bits per heavy atom. The van der Waals surface area contributed by atoms with E-state index in [1.54, 1.807) is 6.07 Å². The average Bonchev–Trinajstić information content (AvgIpc) is 3.28. The number of carbonyl (C=O) groups is 4. The molecule has 2 aliphatic heterocycles. The fraction of sp³-hybridized carbons (Fsp3) is 0.538. The Labute approximate surface area is 240 Å². The van der Waals surface area contributed by atoms with Gasteiger partial charge in [0, 0.05) is 18.0 Å². The second kappa shape index (κ2) is 11.0. The molecule has 2 bridgehead atoms. The first-order valence-electron chi connectivity index (χ1n) is 12.8. The van der Waals surface area contributed by atoms with Crippen LogP contribution in [0.1, 0.15) is 30.9 Å². The summed E-state index contributed by atoms with van der Waals surface area (Å²) in [5.41, 5.74) is -0.741. The largest absolute Gasteiger partial charge is 0.504 e. The van der Waals surface area contributed by atoms with Crippen LogP contribution in [0.15, 0.2) is 24.0 Å². The van der Waals surface area contributed by atoms with Crippen LogP contribution in [0.2, 0.25) is 0 Å². The summed E-state index contributed by atoms with van der Waals surface area (Å²) in [6, 6.07) is 3.05. The summed E-state index contributed by atoms with van der Waals surface area (Å²) in [4.78, 5) is 46.5. The number of phenols is 1. The summed E-state index contributed by atoms with van der Waals surface area (Å²) in [5, 5.41) is 58.8. The predicted octanol–water partition coefficient (Wildman–Crippen LogP) is -0.415. The van der Waals surface area contributed by atoms with Gasteiger partial charge in [-0.3, -0.25) is 0 Å². The molecular weight excluding hydrogens is 591 g/mol. The molecule has 0 unspecified atom stereocenters. The molecule has 0 saturated carbocycles. The number of hydrogen-bond donors (Lipinski definition) is 6. The van der Waals surface area contributed by atoms with Crippen molar-refractivity contribution in [1.82, 2.24) is 4.90 Å². The first-order valence-corrected chi connectivity index (χ1v) is 12.8. The Kier molecular flexibility index (Phi) is 8.16. The van der Waals surface area contributed by atoms with Gasteiger partial charge < -0.3 is 49.7 Å². The summed E-state index contributed by atoms with van der Waals surface area (Å²) in [6.45, 7) is 1.65. The van der Waals surface area contributed by atoms with Crippen molar-refractivity contribution >= 4 is 23.9 Å². The van der Waals surface area contributed by atoms with Crippen LogP contribution >= 0.6 is 0 Å². The number of alkyl halides is 3. The van der Waals surface area contributed by atoms with Gasteiger partial charge in [0.1, 0.15) is 5.76 Å². The summed E-state index contributed by atoms with van der Waals surface area (Å²) >= 11 is 0. The number of ether oxygens (including phenoxy) is 3. The summed E-state index contributed by atoms with van der Waals surface area (Å²) in [5.74, 6) is -7.08. The minimum absolute atomic E-state index is 0.0325. The highest BCUT2D eigenvalue weighted by atomic mass is 19.4. The number of aliphatic hydroxyl groups is 3. The van der Waals surface area contributed by atoms with Crippen LogP contribution in [0, 0.1) is 0 Å². The number of aromatic hydroxyl groups is 1. The van der Waals surface area contributed by atoms with Gasteiger partial charge in [-0.25, -0.2) is 19.2 Å². The topological polar surface area (TPSA) is 221 Å². The molecule has 0 aromatic heterocycles. The van der Waals surface area contributed by atoms with Crippen molar-refractivity contribution < 1.29 is 77.2 Å². The normalized spacial score (nSPS) is 28.9. The number of likely N-dealkylation sites (tertiary alicyclic amines) is 1. The second-order valence-electron chi connectivity index (χ2n) is 10.6. The fourth-order valence-corrected chi connectivity index (χ4v) is 6.17.